The van der Waals surface area contributed by atoms with Gasteiger partial charge in [0.05, 0.1) is 66.7 Å². The van der Waals surface area contributed by atoms with Gasteiger partial charge in [-0.15, -0.1) is 0 Å². The number of H-pyrrole nitrogens is 1. The van der Waals surface area contributed by atoms with E-state index >= 15 is 0 Å². The number of hydrazine groups is 2. The van der Waals surface area contributed by atoms with E-state index < -0.39 is 94.4 Å². The molecule has 0 aliphatic carbocycles. The van der Waals surface area contributed by atoms with E-state index in [0.29, 0.717) is 17.1 Å². The van der Waals surface area contributed by atoms with Crippen molar-refractivity contribution in [3.05, 3.63) is 126 Å². The summed E-state index contributed by atoms with van der Waals surface area (Å²) in [6.45, 7) is 12.9. The number of hydrogen-bond acceptors (Lipinski definition) is 20. The van der Waals surface area contributed by atoms with Crippen LogP contribution in [0.3, 0.4) is 0 Å². The molecule has 1 amide bonds. The summed E-state index contributed by atoms with van der Waals surface area (Å²) in [5.74, 6) is -2.58. The lowest BCUT2D eigenvalue weighted by Gasteiger charge is -2.28. The van der Waals surface area contributed by atoms with E-state index in [9.17, 15) is 48.3 Å². The molecule has 5 aromatic rings. The van der Waals surface area contributed by atoms with E-state index in [1.165, 1.54) is 24.6 Å². The Balaban J connectivity index is 1.22. The zero-order valence-corrected chi connectivity index (χ0v) is 54.0. The fraction of sp³-hybridized carbons (Fsp3) is 0.470. The average Bonchev–Trinajstić information content (AvgIpc) is 3.84. The van der Waals surface area contributed by atoms with Crippen LogP contribution < -0.4 is 48.7 Å². The molecule has 0 saturated carbocycles. The number of para-hydroxylation sites is 1. The number of nitrogens with one attached hydrogen (secondary N) is 9. The number of amides is 1. The highest BCUT2D eigenvalue weighted by molar-refractivity contribution is 7.98. The highest BCUT2D eigenvalue weighted by Crippen LogP contribution is 2.26. The quantitative estimate of drug-likeness (QED) is 0.00964. The molecule has 7 atom stereocenters. The van der Waals surface area contributed by atoms with Crippen molar-refractivity contribution in [1.82, 2.24) is 48.0 Å². The molecule has 0 aliphatic rings. The number of carbonyl (C=O) groups excluding carboxylic acids is 9. The lowest BCUT2D eigenvalue weighted by atomic mass is 9.93. The number of rotatable bonds is 43. The summed E-state index contributed by atoms with van der Waals surface area (Å²) < 4.78 is 0. The molecule has 4 aromatic carbocycles. The Morgan fingerprint density at radius 1 is 0.636 bits per heavy atom. The van der Waals surface area contributed by atoms with Crippen LogP contribution in [0.4, 0.5) is 0 Å². The molecule has 0 aliphatic heterocycles. The molecule has 0 unspecified atom stereocenters. The number of likely N-dealkylation sites (N-methyl/N-ethyl adjacent to an activating group) is 1. The maximum absolute atomic E-state index is 14.4. The van der Waals surface area contributed by atoms with Crippen LogP contribution in [-0.2, 0) is 67.5 Å². The molecule has 476 valence electrons. The molecule has 0 bridgehead atoms. The van der Waals surface area contributed by atoms with Gasteiger partial charge in [0.1, 0.15) is 5.75 Å². The number of benzene rings is 4. The maximum Gasteiger partial charge on any atom is 0.218 e. The van der Waals surface area contributed by atoms with Crippen molar-refractivity contribution in [1.29, 1.82) is 0 Å². The van der Waals surface area contributed by atoms with Crippen molar-refractivity contribution < 1.29 is 48.3 Å². The molecular weight excluding hydrogens is 1160 g/mol. The minimum Gasteiger partial charge on any atom is -0.508 e. The highest BCUT2D eigenvalue weighted by Gasteiger charge is 2.36. The SMILES string of the molecule is CN[C@](C)(CSCc1ccc(-c2ccc(CSC)cc2)cc1)C(=O)CC(=O)[C@H](C)NCC(=O)[C@H](Cc1ccc(O)cc1)NN[C@@H](Cc1c[nH]c2ccccc12)C(=O)CC(=O)[C@H](C)NCN[C@@H](CCC(N)=O)C(=O)C(=O)[C@H](CC(C)C)NNC(C)(C)C(C)=O. The first-order chi connectivity index (χ1) is 41.7. The van der Waals surface area contributed by atoms with Crippen molar-refractivity contribution in [2.45, 2.75) is 159 Å². The smallest absolute Gasteiger partial charge is 0.218 e. The third kappa shape index (κ3) is 22.5. The molecule has 5 rings (SSSR count). The predicted octanol–water partition coefficient (Wildman–Crippen LogP) is 5.71. The fourth-order valence-electron chi connectivity index (χ4n) is 9.41. The second-order valence-electron chi connectivity index (χ2n) is 23.7. The Morgan fingerprint density at radius 3 is 1.80 bits per heavy atom. The number of phenolic OH excluding ortho intramolecular Hbond substituents is 1. The molecule has 0 saturated heterocycles. The van der Waals surface area contributed by atoms with E-state index in [-0.39, 0.29) is 75.0 Å². The van der Waals surface area contributed by atoms with Gasteiger partial charge in [-0.2, -0.15) is 23.5 Å². The normalized spacial score (nSPS) is 14.5. The molecule has 12 N–H and O–H groups in total. The van der Waals surface area contributed by atoms with Crippen molar-refractivity contribution in [2.75, 3.05) is 32.3 Å². The van der Waals surface area contributed by atoms with Crippen molar-refractivity contribution in [3.8, 4) is 16.9 Å². The lowest BCUT2D eigenvalue weighted by Crippen LogP contribution is -2.60. The molecule has 88 heavy (non-hydrogen) atoms. The number of thioether (sulfide) groups is 2. The van der Waals surface area contributed by atoms with Crippen molar-refractivity contribution >= 4 is 86.6 Å². The van der Waals surface area contributed by atoms with Gasteiger partial charge in [0.15, 0.2) is 34.7 Å². The number of aromatic amines is 1. The van der Waals surface area contributed by atoms with E-state index in [0.717, 1.165) is 38.9 Å². The number of nitrogens with two attached hydrogens (primary N) is 1. The Bertz CT molecular complexity index is 3170. The lowest BCUT2D eigenvalue weighted by molar-refractivity contribution is -0.140. The Labute approximate surface area is 525 Å². The molecule has 22 heteroatoms. The number of Topliss-reactive ketones (excluding diaryl/α,β-unsaturated/α-hetero) is 8. The molecule has 0 spiro atoms. The number of aromatic hydroxyl groups is 1. The monoisotopic (exact) mass is 1250 g/mol. The number of hydrogen-bond donors (Lipinski definition) is 11. The molecule has 1 heterocycles. The number of ketones is 8. The van der Waals surface area contributed by atoms with Crippen molar-refractivity contribution in [3.63, 3.8) is 0 Å². The third-order valence-electron chi connectivity index (χ3n) is 15.8. The van der Waals surface area contributed by atoms with Crippen LogP contribution in [0.25, 0.3) is 22.0 Å². The largest absolute Gasteiger partial charge is 0.508 e. The summed E-state index contributed by atoms with van der Waals surface area (Å²) in [6.07, 6.45) is 3.00. The number of carbonyl (C=O) groups is 9. The minimum atomic E-state index is -1.18. The molecule has 0 radical (unpaired) electrons. The standard InChI is InChI=1S/C66H90N10O10S2/c1-40(2)29-56(75-76-65(6,7)43(5)77)64(86)63(85)53(27-28-62(67)84)72-39-71-42(4)57(79)32-59(81)55(31-49-34-70-52-14-12-11-13-51(49)52)74-73-54(30-44-19-25-50(78)26-20-44)60(82)35-69-41(3)58(80)33-61(83)66(8,68-9)38-88-37-46-17-23-48(24-18-46)47-21-15-45(16-22-47)36-87-10/h11-26,34,40-42,53-56,68-76,78H,27-33,35-39H2,1-10H3,(H2,67,84)/t41-,42-,53-,54-,55-,56-,66+/m0/s1. The first-order valence-corrected chi connectivity index (χ1v) is 32.3. The van der Waals surface area contributed by atoms with Crippen LogP contribution in [0.15, 0.2) is 103 Å². The van der Waals surface area contributed by atoms with E-state index in [1.54, 1.807) is 83.5 Å². The predicted molar refractivity (Wildman–Crippen MR) is 349 cm³/mol. The summed E-state index contributed by atoms with van der Waals surface area (Å²) in [5.41, 5.74) is 22.2. The molecular formula is C66H90N10O10S2. The van der Waals surface area contributed by atoms with Gasteiger partial charge in [-0.1, -0.05) is 92.7 Å². The highest BCUT2D eigenvalue weighted by atomic mass is 32.2. The van der Waals surface area contributed by atoms with Gasteiger partial charge in [0, 0.05) is 47.4 Å². The Hall–Kier alpha value is -6.57. The van der Waals surface area contributed by atoms with Gasteiger partial charge in [-0.05, 0) is 138 Å². The minimum absolute atomic E-state index is 0.0201. The Morgan fingerprint density at radius 2 is 1.20 bits per heavy atom. The zero-order chi connectivity index (χ0) is 64.7. The summed E-state index contributed by atoms with van der Waals surface area (Å²) in [7, 11) is 1.69. The van der Waals surface area contributed by atoms with Gasteiger partial charge in [-0.3, -0.25) is 53.8 Å². The first-order valence-electron chi connectivity index (χ1n) is 29.8. The first kappa shape index (κ1) is 72.2. The van der Waals surface area contributed by atoms with E-state index in [4.69, 9.17) is 5.73 Å². The number of aromatic nitrogens is 1. The Kier molecular flexibility index (Phi) is 28.7. The van der Waals surface area contributed by atoms with Gasteiger partial charge >= 0.3 is 0 Å². The van der Waals surface area contributed by atoms with Gasteiger partial charge in [0.2, 0.25) is 17.5 Å². The maximum atomic E-state index is 14.4. The van der Waals surface area contributed by atoms with Crippen LogP contribution in [0, 0.1) is 5.92 Å². The summed E-state index contributed by atoms with van der Waals surface area (Å²) in [5, 5.41) is 23.0. The average molecular weight is 1250 g/mol. The molecule has 20 nitrogen and oxygen atoms in total. The van der Waals surface area contributed by atoms with Gasteiger partial charge in [-0.25, -0.2) is 21.7 Å². The van der Waals surface area contributed by atoms with Crippen LogP contribution in [-0.4, -0.2) is 142 Å². The summed E-state index contributed by atoms with van der Waals surface area (Å²) in [4.78, 5) is 125. The third-order valence-corrected chi connectivity index (χ3v) is 17.7. The van der Waals surface area contributed by atoms with Gasteiger partial charge < -0.3 is 26.5 Å². The van der Waals surface area contributed by atoms with Crippen LogP contribution in [0.2, 0.25) is 0 Å². The molecule has 1 aromatic heterocycles. The number of primary amides is 1. The topological polar surface area (TPSA) is 312 Å². The molecule has 0 fully saturated rings. The van der Waals surface area contributed by atoms with E-state index in [1.807, 2.05) is 38.1 Å². The number of phenols is 1. The zero-order valence-electron chi connectivity index (χ0n) is 52.4. The second-order valence-corrected chi connectivity index (χ2v) is 25.6. The van der Waals surface area contributed by atoms with Crippen LogP contribution in [0.1, 0.15) is 110 Å². The second kappa shape index (κ2) is 35.0. The number of fused-ring (bicyclic) bond motifs is 1. The van der Waals surface area contributed by atoms with Crippen LogP contribution in [0.5, 0.6) is 5.75 Å². The van der Waals surface area contributed by atoms with Gasteiger partial charge in [0.25, 0.3) is 0 Å². The van der Waals surface area contributed by atoms with Crippen LogP contribution >= 0.6 is 23.5 Å². The van der Waals surface area contributed by atoms with Crippen molar-refractivity contribution in [2.24, 2.45) is 11.7 Å². The summed E-state index contributed by atoms with van der Waals surface area (Å²) in [6, 6.07) is 24.6. The fourth-order valence-corrected chi connectivity index (χ4v) is 11.2. The summed E-state index contributed by atoms with van der Waals surface area (Å²) >= 11 is 3.37. The van der Waals surface area contributed by atoms with E-state index in [2.05, 4.69) is 103 Å².